The minimum atomic E-state index is -1.35. The summed E-state index contributed by atoms with van der Waals surface area (Å²) < 4.78 is 0. The molecular formula is C26H22Cl2N4O5. The number of hydrogen-bond acceptors (Lipinski definition) is 6. The van der Waals surface area contributed by atoms with Crippen LogP contribution >= 0.6 is 23.2 Å². The molecule has 3 N–H and O–H groups in total. The Labute approximate surface area is 222 Å². The molecule has 2 atom stereocenters. The number of pyridine rings is 1. The van der Waals surface area contributed by atoms with E-state index in [2.05, 4.69) is 20.8 Å². The average molecular weight is 541 g/mol. The lowest BCUT2D eigenvalue weighted by Crippen LogP contribution is -2.51. The highest BCUT2D eigenvalue weighted by Gasteiger charge is 2.43. The maximum absolute atomic E-state index is 13.0. The molecule has 9 nitrogen and oxygen atoms in total. The summed E-state index contributed by atoms with van der Waals surface area (Å²) in [7, 11) is 0. The number of carbonyl (C=O) groups is 3. The van der Waals surface area contributed by atoms with Gasteiger partial charge in [-0.1, -0.05) is 46.6 Å². The minimum absolute atomic E-state index is 0.0119. The van der Waals surface area contributed by atoms with E-state index in [0.29, 0.717) is 17.0 Å². The van der Waals surface area contributed by atoms with E-state index in [0.717, 1.165) is 5.56 Å². The second kappa shape index (κ2) is 11.0. The Kier molecular flexibility index (Phi) is 7.75. The van der Waals surface area contributed by atoms with Gasteiger partial charge in [-0.15, -0.1) is 0 Å². The predicted molar refractivity (Wildman–Crippen MR) is 139 cm³/mol. The molecule has 0 fully saturated rings. The van der Waals surface area contributed by atoms with Crippen molar-refractivity contribution >= 4 is 52.4 Å². The molecule has 0 aliphatic carbocycles. The van der Waals surface area contributed by atoms with Crippen molar-refractivity contribution in [3.63, 3.8) is 0 Å². The third kappa shape index (κ3) is 6.07. The summed E-state index contributed by atoms with van der Waals surface area (Å²) in [6.07, 6.45) is 3.41. The molecule has 1 aromatic heterocycles. The summed E-state index contributed by atoms with van der Waals surface area (Å²) in [5.74, 6) is -2.27. The van der Waals surface area contributed by atoms with E-state index in [1.165, 1.54) is 0 Å². The fourth-order valence-corrected chi connectivity index (χ4v) is 4.30. The van der Waals surface area contributed by atoms with E-state index in [1.807, 2.05) is 0 Å². The number of carboxylic acid groups (broad SMARTS) is 1. The highest BCUT2D eigenvalue weighted by molar-refractivity contribution is 6.40. The van der Waals surface area contributed by atoms with Crippen LogP contribution in [0.1, 0.15) is 34.8 Å². The van der Waals surface area contributed by atoms with Crippen LogP contribution in [0.15, 0.2) is 72.1 Å². The van der Waals surface area contributed by atoms with Crippen LogP contribution in [0.25, 0.3) is 0 Å². The summed E-state index contributed by atoms with van der Waals surface area (Å²) in [6, 6.07) is 13.7. The maximum atomic E-state index is 13.0. The van der Waals surface area contributed by atoms with Crippen molar-refractivity contribution in [2.24, 2.45) is 5.16 Å². The molecule has 190 valence electrons. The third-order valence-electron chi connectivity index (χ3n) is 5.78. The highest BCUT2D eigenvalue weighted by Crippen LogP contribution is 2.27. The molecule has 2 heterocycles. The standard InChI is InChI=1S/C26H22Cl2N4O5/c1-26(13-21(32-37-26)16-4-3-11-29-14-16)25(36)31-20(24(34)35)12-15-7-9-17(10-8-15)30-23(33)22-18(27)5-2-6-19(22)28/h2-11,14,20H,12-13H2,1H3,(H,30,33)(H,31,36)(H,34,35)/t20-,26+/m0/s1. The molecule has 0 spiro atoms. The van der Waals surface area contributed by atoms with Gasteiger partial charge in [0.2, 0.25) is 5.60 Å². The van der Waals surface area contributed by atoms with Crippen molar-refractivity contribution in [2.45, 2.75) is 31.4 Å². The molecular weight excluding hydrogens is 519 g/mol. The van der Waals surface area contributed by atoms with Crippen molar-refractivity contribution in [3.05, 3.63) is 93.7 Å². The van der Waals surface area contributed by atoms with E-state index in [9.17, 15) is 19.5 Å². The molecule has 11 heteroatoms. The number of hydrogen-bond donors (Lipinski definition) is 3. The van der Waals surface area contributed by atoms with Crippen LogP contribution < -0.4 is 10.6 Å². The second-order valence-electron chi connectivity index (χ2n) is 8.59. The topological polar surface area (TPSA) is 130 Å². The van der Waals surface area contributed by atoms with Gasteiger partial charge in [0, 0.05) is 36.5 Å². The van der Waals surface area contributed by atoms with Crippen molar-refractivity contribution in [3.8, 4) is 0 Å². The van der Waals surface area contributed by atoms with Gasteiger partial charge in [-0.05, 0) is 48.9 Å². The molecule has 0 bridgehead atoms. The first-order valence-corrected chi connectivity index (χ1v) is 12.0. The smallest absolute Gasteiger partial charge is 0.326 e. The summed E-state index contributed by atoms with van der Waals surface area (Å²) in [4.78, 5) is 46.9. The van der Waals surface area contributed by atoms with Crippen molar-refractivity contribution in [1.82, 2.24) is 10.3 Å². The van der Waals surface area contributed by atoms with Crippen LogP contribution in [-0.4, -0.2) is 45.2 Å². The zero-order chi connectivity index (χ0) is 26.6. The zero-order valence-corrected chi connectivity index (χ0v) is 21.1. The largest absolute Gasteiger partial charge is 0.480 e. The molecule has 0 radical (unpaired) electrons. The van der Waals surface area contributed by atoms with Crippen LogP contribution in [-0.2, 0) is 20.8 Å². The Hall–Kier alpha value is -3.95. The molecule has 1 aliphatic rings. The fraction of sp³-hybridized carbons (Fsp3) is 0.192. The van der Waals surface area contributed by atoms with Gasteiger partial charge in [-0.25, -0.2) is 4.79 Å². The first-order valence-electron chi connectivity index (χ1n) is 11.2. The van der Waals surface area contributed by atoms with Crippen molar-refractivity contribution in [1.29, 1.82) is 0 Å². The first-order chi connectivity index (χ1) is 17.7. The number of carbonyl (C=O) groups excluding carboxylic acids is 2. The number of carboxylic acids is 1. The molecule has 37 heavy (non-hydrogen) atoms. The van der Waals surface area contributed by atoms with Crippen LogP contribution in [0.5, 0.6) is 0 Å². The van der Waals surface area contributed by atoms with E-state index in [1.54, 1.807) is 73.9 Å². The normalized spacial score (nSPS) is 17.3. The molecule has 2 aromatic carbocycles. The Morgan fingerprint density at radius 2 is 1.78 bits per heavy atom. The maximum Gasteiger partial charge on any atom is 0.326 e. The average Bonchev–Trinajstić information content (AvgIpc) is 3.28. The van der Waals surface area contributed by atoms with E-state index in [4.69, 9.17) is 28.0 Å². The Morgan fingerprint density at radius 1 is 1.08 bits per heavy atom. The molecule has 0 saturated heterocycles. The molecule has 0 saturated carbocycles. The summed E-state index contributed by atoms with van der Waals surface area (Å²) >= 11 is 12.2. The Bertz CT molecular complexity index is 1340. The number of aliphatic carboxylic acids is 1. The van der Waals surface area contributed by atoms with Crippen LogP contribution in [0.2, 0.25) is 10.0 Å². The van der Waals surface area contributed by atoms with Gasteiger partial charge in [-0.3, -0.25) is 14.6 Å². The highest BCUT2D eigenvalue weighted by atomic mass is 35.5. The number of oxime groups is 1. The molecule has 3 aromatic rings. The SMILES string of the molecule is C[C@]1(C(=O)N[C@@H](Cc2ccc(NC(=O)c3c(Cl)cccc3Cl)cc2)C(=O)O)CC(c2cccnc2)=NO1. The van der Waals surface area contributed by atoms with Crippen molar-refractivity contribution < 1.29 is 24.3 Å². The Balaban J connectivity index is 1.38. The second-order valence-corrected chi connectivity index (χ2v) is 9.41. The van der Waals surface area contributed by atoms with Gasteiger partial charge in [-0.2, -0.15) is 0 Å². The lowest BCUT2D eigenvalue weighted by Gasteiger charge is -2.23. The number of aromatic nitrogens is 1. The monoisotopic (exact) mass is 540 g/mol. The Morgan fingerprint density at radius 3 is 2.41 bits per heavy atom. The van der Waals surface area contributed by atoms with Gasteiger partial charge in [0.15, 0.2) is 0 Å². The van der Waals surface area contributed by atoms with Gasteiger partial charge in [0.05, 0.1) is 21.3 Å². The quantitative estimate of drug-likeness (QED) is 0.389. The summed E-state index contributed by atoms with van der Waals surface area (Å²) in [5.41, 5.74) is 1.17. The number of nitrogens with one attached hydrogen (secondary N) is 2. The molecule has 0 unspecified atom stereocenters. The summed E-state index contributed by atoms with van der Waals surface area (Å²) in [5, 5.41) is 19.4. The molecule has 2 amide bonds. The van der Waals surface area contributed by atoms with E-state index in [-0.39, 0.29) is 28.5 Å². The number of nitrogens with zero attached hydrogens (tertiary/aromatic N) is 2. The third-order valence-corrected chi connectivity index (χ3v) is 6.41. The fourth-order valence-electron chi connectivity index (χ4n) is 3.73. The van der Waals surface area contributed by atoms with Gasteiger partial charge < -0.3 is 20.6 Å². The summed E-state index contributed by atoms with van der Waals surface area (Å²) in [6.45, 7) is 1.55. The van der Waals surface area contributed by atoms with E-state index >= 15 is 0 Å². The van der Waals surface area contributed by atoms with Crippen LogP contribution in [0.4, 0.5) is 5.69 Å². The number of amides is 2. The van der Waals surface area contributed by atoms with Crippen molar-refractivity contribution in [2.75, 3.05) is 5.32 Å². The number of rotatable bonds is 8. The zero-order valence-electron chi connectivity index (χ0n) is 19.6. The lowest BCUT2D eigenvalue weighted by molar-refractivity contribution is -0.148. The molecule has 4 rings (SSSR count). The van der Waals surface area contributed by atoms with Crippen LogP contribution in [0, 0.1) is 0 Å². The number of benzene rings is 2. The number of halogens is 2. The first kappa shape index (κ1) is 26.1. The van der Waals surface area contributed by atoms with Gasteiger partial charge in [0.1, 0.15) is 6.04 Å². The van der Waals surface area contributed by atoms with Gasteiger partial charge >= 0.3 is 5.97 Å². The van der Waals surface area contributed by atoms with Crippen LogP contribution in [0.3, 0.4) is 0 Å². The minimum Gasteiger partial charge on any atom is -0.480 e. The predicted octanol–water partition coefficient (Wildman–Crippen LogP) is 4.34. The number of anilines is 1. The van der Waals surface area contributed by atoms with Gasteiger partial charge in [0.25, 0.3) is 11.8 Å². The van der Waals surface area contributed by atoms with E-state index < -0.39 is 29.4 Å². The molecule has 1 aliphatic heterocycles. The lowest BCUT2D eigenvalue weighted by atomic mass is 9.95.